The van der Waals surface area contributed by atoms with Gasteiger partial charge in [0.25, 0.3) is 0 Å². The molecule has 0 saturated heterocycles. The first-order valence-electron chi connectivity index (χ1n) is 8.18. The molecular weight excluding hydrogens is 376 g/mol. The standard InChI is InChI=1S/C18H21ClN2O4S/c1-21(2)16(13-3-5-14(19)6-4-13)12-20-26(22,23)15-7-8-17-18(11-15)25-10-9-24-17/h3-8,11,16,20H,9-10,12H2,1-2H3. The third-order valence-electron chi connectivity index (χ3n) is 4.17. The second kappa shape index (κ2) is 7.84. The Hall–Kier alpha value is -1.80. The molecule has 1 aliphatic heterocycles. The Morgan fingerprint density at radius 1 is 1.08 bits per heavy atom. The molecule has 6 nitrogen and oxygen atoms in total. The molecule has 0 amide bonds. The lowest BCUT2D eigenvalue weighted by Gasteiger charge is -2.25. The van der Waals surface area contributed by atoms with E-state index in [9.17, 15) is 8.42 Å². The summed E-state index contributed by atoms with van der Waals surface area (Å²) >= 11 is 5.94. The van der Waals surface area contributed by atoms with Gasteiger partial charge in [-0.3, -0.25) is 0 Å². The van der Waals surface area contributed by atoms with E-state index >= 15 is 0 Å². The Bertz CT molecular complexity index is 869. The lowest BCUT2D eigenvalue weighted by molar-refractivity contribution is 0.171. The summed E-state index contributed by atoms with van der Waals surface area (Å²) in [5.74, 6) is 1.00. The molecule has 0 spiro atoms. The molecule has 1 unspecified atom stereocenters. The van der Waals surface area contributed by atoms with Crippen molar-refractivity contribution >= 4 is 21.6 Å². The number of benzene rings is 2. The van der Waals surface area contributed by atoms with Crippen molar-refractivity contribution in [3.8, 4) is 11.5 Å². The van der Waals surface area contributed by atoms with Crippen molar-refractivity contribution in [2.75, 3.05) is 33.9 Å². The van der Waals surface area contributed by atoms with Gasteiger partial charge in [0.15, 0.2) is 11.5 Å². The van der Waals surface area contributed by atoms with Crippen LogP contribution in [0.4, 0.5) is 0 Å². The first-order valence-corrected chi connectivity index (χ1v) is 10.0. The van der Waals surface area contributed by atoms with E-state index in [2.05, 4.69) is 4.72 Å². The predicted octanol–water partition coefficient (Wildman–Crippen LogP) is 2.69. The molecule has 1 heterocycles. The Kier molecular flexibility index (Phi) is 5.72. The fraction of sp³-hybridized carbons (Fsp3) is 0.333. The van der Waals surface area contributed by atoms with Crippen molar-refractivity contribution in [3.05, 3.63) is 53.1 Å². The zero-order chi connectivity index (χ0) is 18.7. The number of likely N-dealkylation sites (N-methyl/N-ethyl adjacent to an activating group) is 1. The summed E-state index contributed by atoms with van der Waals surface area (Å²) in [5, 5.41) is 0.642. The summed E-state index contributed by atoms with van der Waals surface area (Å²) in [4.78, 5) is 2.10. The lowest BCUT2D eigenvalue weighted by Crippen LogP contribution is -2.34. The molecular formula is C18H21ClN2O4S. The monoisotopic (exact) mass is 396 g/mol. The molecule has 0 aliphatic carbocycles. The van der Waals surface area contributed by atoms with E-state index in [-0.39, 0.29) is 17.5 Å². The van der Waals surface area contributed by atoms with E-state index in [1.807, 2.05) is 31.1 Å². The van der Waals surface area contributed by atoms with Gasteiger partial charge in [-0.2, -0.15) is 0 Å². The minimum atomic E-state index is -3.68. The summed E-state index contributed by atoms with van der Waals surface area (Å²) in [6.45, 7) is 1.09. The van der Waals surface area contributed by atoms with Crippen LogP contribution in [0.25, 0.3) is 0 Å². The smallest absolute Gasteiger partial charge is 0.240 e. The average molecular weight is 397 g/mol. The van der Waals surface area contributed by atoms with E-state index in [0.717, 1.165) is 5.56 Å². The van der Waals surface area contributed by atoms with Gasteiger partial charge in [0, 0.05) is 23.7 Å². The zero-order valence-corrected chi connectivity index (χ0v) is 16.2. The van der Waals surface area contributed by atoms with Gasteiger partial charge in [0.05, 0.1) is 4.90 Å². The van der Waals surface area contributed by atoms with Crippen molar-refractivity contribution in [2.24, 2.45) is 0 Å². The maximum atomic E-state index is 12.7. The number of ether oxygens (including phenoxy) is 2. The van der Waals surface area contributed by atoms with Crippen LogP contribution < -0.4 is 14.2 Å². The molecule has 0 bridgehead atoms. The second-order valence-electron chi connectivity index (χ2n) is 6.19. The van der Waals surface area contributed by atoms with Crippen LogP contribution in [0.2, 0.25) is 5.02 Å². The second-order valence-corrected chi connectivity index (χ2v) is 8.39. The number of hydrogen-bond donors (Lipinski definition) is 1. The van der Waals surface area contributed by atoms with Crippen molar-refractivity contribution < 1.29 is 17.9 Å². The Morgan fingerprint density at radius 2 is 1.73 bits per heavy atom. The van der Waals surface area contributed by atoms with Crippen molar-refractivity contribution in [3.63, 3.8) is 0 Å². The van der Waals surface area contributed by atoms with Gasteiger partial charge in [-0.05, 0) is 43.9 Å². The van der Waals surface area contributed by atoms with Crippen LogP contribution >= 0.6 is 11.6 Å². The topological polar surface area (TPSA) is 67.9 Å². The minimum Gasteiger partial charge on any atom is -0.486 e. The van der Waals surface area contributed by atoms with Gasteiger partial charge in [-0.15, -0.1) is 0 Å². The number of rotatable bonds is 6. The SMILES string of the molecule is CN(C)C(CNS(=O)(=O)c1ccc2c(c1)OCCO2)c1ccc(Cl)cc1. The van der Waals surface area contributed by atoms with Crippen LogP contribution in [-0.2, 0) is 10.0 Å². The van der Waals surface area contributed by atoms with Gasteiger partial charge < -0.3 is 14.4 Å². The molecule has 140 valence electrons. The number of halogens is 1. The molecule has 1 atom stereocenters. The van der Waals surface area contributed by atoms with Crippen LogP contribution in [0.1, 0.15) is 11.6 Å². The van der Waals surface area contributed by atoms with Gasteiger partial charge in [0.2, 0.25) is 10.0 Å². The molecule has 2 aromatic rings. The van der Waals surface area contributed by atoms with Crippen LogP contribution in [-0.4, -0.2) is 47.2 Å². The predicted molar refractivity (Wildman–Crippen MR) is 101 cm³/mol. The van der Waals surface area contributed by atoms with Crippen molar-refractivity contribution in [1.82, 2.24) is 9.62 Å². The summed E-state index contributed by atoms with van der Waals surface area (Å²) in [5.41, 5.74) is 0.976. The highest BCUT2D eigenvalue weighted by molar-refractivity contribution is 7.89. The van der Waals surface area contributed by atoms with Gasteiger partial charge in [0.1, 0.15) is 13.2 Å². The molecule has 0 fully saturated rings. The van der Waals surface area contributed by atoms with E-state index in [4.69, 9.17) is 21.1 Å². The first kappa shape index (κ1) is 19.0. The summed E-state index contributed by atoms with van der Waals surface area (Å²) < 4.78 is 38.9. The van der Waals surface area contributed by atoms with E-state index in [1.54, 1.807) is 18.2 Å². The number of sulfonamides is 1. The van der Waals surface area contributed by atoms with E-state index < -0.39 is 10.0 Å². The number of nitrogens with zero attached hydrogens (tertiary/aromatic N) is 1. The van der Waals surface area contributed by atoms with Crippen molar-refractivity contribution in [2.45, 2.75) is 10.9 Å². The van der Waals surface area contributed by atoms with Crippen LogP contribution in [0.15, 0.2) is 47.4 Å². The quantitative estimate of drug-likeness (QED) is 0.813. The Labute approximate surface area is 158 Å². The molecule has 3 rings (SSSR count). The summed E-state index contributed by atoms with van der Waals surface area (Å²) in [6.07, 6.45) is 0. The number of nitrogens with one attached hydrogen (secondary N) is 1. The molecule has 0 aromatic heterocycles. The molecule has 0 saturated carbocycles. The normalized spacial score (nSPS) is 15.1. The molecule has 1 N–H and O–H groups in total. The van der Waals surface area contributed by atoms with Gasteiger partial charge >= 0.3 is 0 Å². The summed E-state index contributed by atoms with van der Waals surface area (Å²) in [6, 6.07) is 11.9. The lowest BCUT2D eigenvalue weighted by atomic mass is 10.1. The van der Waals surface area contributed by atoms with Gasteiger partial charge in [-0.1, -0.05) is 23.7 Å². The van der Waals surface area contributed by atoms with Gasteiger partial charge in [-0.25, -0.2) is 13.1 Å². The average Bonchev–Trinajstić information content (AvgIpc) is 2.62. The zero-order valence-electron chi connectivity index (χ0n) is 14.6. The molecule has 8 heteroatoms. The van der Waals surface area contributed by atoms with Crippen LogP contribution in [0.3, 0.4) is 0 Å². The third-order valence-corrected chi connectivity index (χ3v) is 5.84. The molecule has 26 heavy (non-hydrogen) atoms. The highest BCUT2D eigenvalue weighted by atomic mass is 35.5. The summed E-state index contributed by atoms with van der Waals surface area (Å²) in [7, 11) is 0.124. The highest BCUT2D eigenvalue weighted by Crippen LogP contribution is 2.32. The maximum absolute atomic E-state index is 12.7. The Morgan fingerprint density at radius 3 is 2.38 bits per heavy atom. The fourth-order valence-electron chi connectivity index (χ4n) is 2.75. The van der Waals surface area contributed by atoms with Crippen molar-refractivity contribution in [1.29, 1.82) is 0 Å². The van der Waals surface area contributed by atoms with Crippen LogP contribution in [0, 0.1) is 0 Å². The number of fused-ring (bicyclic) bond motifs is 1. The molecule has 1 aliphatic rings. The number of hydrogen-bond acceptors (Lipinski definition) is 5. The Balaban J connectivity index is 1.77. The highest BCUT2D eigenvalue weighted by Gasteiger charge is 2.22. The molecule has 0 radical (unpaired) electrons. The fourth-order valence-corrected chi connectivity index (χ4v) is 3.93. The van der Waals surface area contributed by atoms with E-state index in [0.29, 0.717) is 29.7 Å². The van der Waals surface area contributed by atoms with Crippen LogP contribution in [0.5, 0.6) is 11.5 Å². The minimum absolute atomic E-state index is 0.126. The maximum Gasteiger partial charge on any atom is 0.240 e. The largest absolute Gasteiger partial charge is 0.486 e. The molecule has 2 aromatic carbocycles. The van der Waals surface area contributed by atoms with E-state index in [1.165, 1.54) is 12.1 Å². The first-order chi connectivity index (χ1) is 12.4. The third kappa shape index (κ3) is 4.29.